The van der Waals surface area contributed by atoms with Gasteiger partial charge in [0, 0.05) is 0 Å². The summed E-state index contributed by atoms with van der Waals surface area (Å²) >= 11 is 3.97. The molecule has 0 saturated heterocycles. The van der Waals surface area contributed by atoms with E-state index >= 15 is 0 Å². The first-order chi connectivity index (χ1) is 7.34. The van der Waals surface area contributed by atoms with E-state index < -0.39 is 0 Å². The Morgan fingerprint density at radius 3 is 2.67 bits per heavy atom. The van der Waals surface area contributed by atoms with E-state index in [0.717, 1.165) is 0 Å². The predicted octanol–water partition coefficient (Wildman–Crippen LogP) is 3.07. The molecule has 0 aliphatic carbocycles. The molecule has 2 aromatic rings. The Hall–Kier alpha value is -0.761. The normalized spacial score (nSPS) is 12.7. The van der Waals surface area contributed by atoms with Crippen LogP contribution in [0.3, 0.4) is 0 Å². The van der Waals surface area contributed by atoms with Gasteiger partial charge in [-0.1, -0.05) is 0 Å². The zero-order valence-corrected chi connectivity index (χ0v) is 11.0. The van der Waals surface area contributed by atoms with Crippen LogP contribution in [0.2, 0.25) is 0 Å². The molecule has 0 unspecified atom stereocenters. The van der Waals surface area contributed by atoms with Gasteiger partial charge in [-0.2, -0.15) is 0 Å². The van der Waals surface area contributed by atoms with Crippen molar-refractivity contribution in [2.45, 2.75) is 9.79 Å². The fourth-order valence-corrected chi connectivity index (χ4v) is 3.54. The summed E-state index contributed by atoms with van der Waals surface area (Å²) in [5, 5.41) is 3.49. The molecule has 0 radical (unpaired) electrons. The molecule has 0 fully saturated rings. The third kappa shape index (κ3) is 1.61. The Labute approximate surface area is 103 Å². The molecule has 1 aliphatic rings. The van der Waals surface area contributed by atoms with Crippen LogP contribution in [0.1, 0.15) is 0 Å². The Kier molecular flexibility index (Phi) is 2.32. The van der Waals surface area contributed by atoms with Crippen LogP contribution in [-0.2, 0) is 18.9 Å². The average molecular weight is 390 g/mol. The molecular formula is C12H8IrNS. The van der Waals surface area contributed by atoms with Gasteiger partial charge in [-0.15, -0.1) is 0 Å². The SMILES string of the molecule is [Ir][c]1cccc2c1Nc1ccccc1S2. The van der Waals surface area contributed by atoms with E-state index in [4.69, 9.17) is 0 Å². The van der Waals surface area contributed by atoms with Crippen LogP contribution >= 0.6 is 11.8 Å². The molecule has 1 N–H and O–H groups in total. The van der Waals surface area contributed by atoms with E-state index in [1.54, 1.807) is 0 Å². The molecule has 3 heteroatoms. The monoisotopic (exact) mass is 391 g/mol. The van der Waals surface area contributed by atoms with Gasteiger partial charge in [-0.05, 0) is 0 Å². The van der Waals surface area contributed by atoms with Gasteiger partial charge >= 0.3 is 104 Å². The third-order valence-corrected chi connectivity index (χ3v) is 4.46. The second kappa shape index (κ2) is 3.67. The van der Waals surface area contributed by atoms with Crippen molar-refractivity contribution in [3.8, 4) is 0 Å². The number of para-hydroxylation sites is 2. The average Bonchev–Trinajstić information content (AvgIpc) is 2.27. The fourth-order valence-electron chi connectivity index (χ4n) is 1.61. The number of hydrogen-bond donors (Lipinski definition) is 1. The van der Waals surface area contributed by atoms with Gasteiger partial charge in [0.25, 0.3) is 0 Å². The van der Waals surface area contributed by atoms with Crippen molar-refractivity contribution >= 4 is 27.2 Å². The Morgan fingerprint density at radius 1 is 0.933 bits per heavy atom. The van der Waals surface area contributed by atoms with Gasteiger partial charge in [0.05, 0.1) is 0 Å². The third-order valence-electron chi connectivity index (χ3n) is 2.32. The summed E-state index contributed by atoms with van der Waals surface area (Å²) in [4.78, 5) is 2.62. The molecule has 1 nitrogen and oxygen atoms in total. The second-order valence-corrected chi connectivity index (χ2v) is 5.69. The van der Waals surface area contributed by atoms with Gasteiger partial charge < -0.3 is 0 Å². The van der Waals surface area contributed by atoms with Crippen molar-refractivity contribution in [2.75, 3.05) is 5.32 Å². The number of hydrogen-bond acceptors (Lipinski definition) is 2. The summed E-state index contributed by atoms with van der Waals surface area (Å²) in [5.74, 6) is 0. The molecule has 0 atom stereocenters. The van der Waals surface area contributed by atoms with Crippen LogP contribution in [0.5, 0.6) is 0 Å². The molecule has 1 heterocycles. The van der Waals surface area contributed by atoms with Crippen molar-refractivity contribution in [1.82, 2.24) is 0 Å². The summed E-state index contributed by atoms with van der Waals surface area (Å²) in [6.45, 7) is 0. The first-order valence-electron chi connectivity index (χ1n) is 4.65. The van der Waals surface area contributed by atoms with E-state index in [0.29, 0.717) is 0 Å². The van der Waals surface area contributed by atoms with Crippen LogP contribution < -0.4 is 9.39 Å². The summed E-state index contributed by atoms with van der Waals surface area (Å²) in [5.41, 5.74) is 2.46. The van der Waals surface area contributed by atoms with Crippen LogP contribution in [0.4, 0.5) is 11.4 Å². The summed E-state index contributed by atoms with van der Waals surface area (Å²) in [7, 11) is 0. The zero-order valence-electron chi connectivity index (χ0n) is 7.78. The number of anilines is 2. The predicted molar refractivity (Wildman–Crippen MR) is 59.9 cm³/mol. The van der Waals surface area contributed by atoms with E-state index in [9.17, 15) is 0 Å². The van der Waals surface area contributed by atoms with E-state index in [1.807, 2.05) is 11.8 Å². The van der Waals surface area contributed by atoms with Crippen molar-refractivity contribution in [3.05, 3.63) is 42.5 Å². The van der Waals surface area contributed by atoms with Crippen LogP contribution in [0.25, 0.3) is 0 Å². The molecule has 3 rings (SSSR count). The van der Waals surface area contributed by atoms with Crippen LogP contribution in [0, 0.1) is 0 Å². The molecule has 0 spiro atoms. The topological polar surface area (TPSA) is 12.0 Å². The first kappa shape index (κ1) is 9.46. The van der Waals surface area contributed by atoms with E-state index in [1.165, 1.54) is 25.2 Å². The Morgan fingerprint density at radius 2 is 1.73 bits per heavy atom. The van der Waals surface area contributed by atoms with Crippen LogP contribution in [0.15, 0.2) is 52.3 Å². The molecule has 0 aromatic heterocycles. The number of rotatable bonds is 0. The number of nitrogens with one attached hydrogen (secondary N) is 1. The molecule has 0 amide bonds. The molecule has 2 aromatic carbocycles. The van der Waals surface area contributed by atoms with Gasteiger partial charge in [-0.25, -0.2) is 0 Å². The number of benzene rings is 2. The van der Waals surface area contributed by atoms with Gasteiger partial charge in [-0.3, -0.25) is 0 Å². The molecule has 0 saturated carbocycles. The zero-order chi connectivity index (χ0) is 10.3. The van der Waals surface area contributed by atoms with Crippen molar-refractivity contribution in [1.29, 1.82) is 0 Å². The second-order valence-electron chi connectivity index (χ2n) is 3.31. The van der Waals surface area contributed by atoms with Gasteiger partial charge in [0.1, 0.15) is 0 Å². The van der Waals surface area contributed by atoms with E-state index in [-0.39, 0.29) is 0 Å². The van der Waals surface area contributed by atoms with Crippen molar-refractivity contribution < 1.29 is 18.9 Å². The van der Waals surface area contributed by atoms with Crippen molar-refractivity contribution in [3.63, 3.8) is 0 Å². The molecule has 76 valence electrons. The number of fused-ring (bicyclic) bond motifs is 2. The summed E-state index contributed by atoms with van der Waals surface area (Å²) in [6.07, 6.45) is 0. The first-order valence-corrected chi connectivity index (χ1v) is 6.66. The molecule has 0 bridgehead atoms. The summed E-state index contributed by atoms with van der Waals surface area (Å²) in [6, 6.07) is 14.8. The minimum atomic E-state index is 1.21. The quantitative estimate of drug-likeness (QED) is 0.633. The standard InChI is InChI=1S/C12H8NS.Ir/c1-3-7-11-9(5-1)13-10-6-2-4-8-12(10)14-11;/h1-5,7-8,13H;. The minimum absolute atomic E-state index is 1.21. The molecular weight excluding hydrogens is 382 g/mol. The van der Waals surface area contributed by atoms with Gasteiger partial charge in [0.2, 0.25) is 0 Å². The van der Waals surface area contributed by atoms with E-state index in [2.05, 4.69) is 66.7 Å². The fraction of sp³-hybridized carbons (Fsp3) is 0. The maximum atomic E-state index is 3.49. The van der Waals surface area contributed by atoms with Crippen molar-refractivity contribution in [2.24, 2.45) is 0 Å². The molecule has 15 heavy (non-hydrogen) atoms. The summed E-state index contributed by atoms with van der Waals surface area (Å²) < 4.78 is 1.30. The van der Waals surface area contributed by atoms with Crippen LogP contribution in [-0.4, -0.2) is 0 Å². The van der Waals surface area contributed by atoms with Gasteiger partial charge in [0.15, 0.2) is 0 Å². The maximum absolute atomic E-state index is 3.49. The Balaban J connectivity index is 2.15. The molecule has 1 aliphatic heterocycles. The Bertz CT molecular complexity index is 525.